The Bertz CT molecular complexity index is 477. The molecule has 1 aromatic rings. The molecule has 0 unspecified atom stereocenters. The van der Waals surface area contributed by atoms with Crippen LogP contribution >= 0.6 is 0 Å². The van der Waals surface area contributed by atoms with Crippen LogP contribution in [-0.2, 0) is 9.31 Å². The third-order valence-electron chi connectivity index (χ3n) is 3.91. The van der Waals surface area contributed by atoms with Crippen LogP contribution in [0.3, 0.4) is 0 Å². The summed E-state index contributed by atoms with van der Waals surface area (Å²) < 4.78 is 24.8. The van der Waals surface area contributed by atoms with Gasteiger partial charge in [0.25, 0.3) is 0 Å². The molecule has 1 aliphatic rings. The average molecular weight is 267 g/mol. The molecule has 6 heteroatoms. The van der Waals surface area contributed by atoms with Gasteiger partial charge in [0.2, 0.25) is 0 Å². The van der Waals surface area contributed by atoms with Crippen LogP contribution in [0.4, 0.5) is 4.39 Å². The first-order valence-electron chi connectivity index (χ1n) is 6.24. The summed E-state index contributed by atoms with van der Waals surface area (Å²) in [7, 11) is -0.724. The van der Waals surface area contributed by atoms with Gasteiger partial charge in [0.1, 0.15) is 11.6 Å². The zero-order chi connectivity index (χ0) is 14.4. The second kappa shape index (κ2) is 4.47. The molecule has 1 heterocycles. The molecule has 1 saturated heterocycles. The van der Waals surface area contributed by atoms with Gasteiger partial charge in [-0.15, -0.1) is 0 Å². The Morgan fingerprint density at radius 1 is 1.21 bits per heavy atom. The van der Waals surface area contributed by atoms with Crippen molar-refractivity contribution in [3.63, 3.8) is 0 Å². The van der Waals surface area contributed by atoms with Gasteiger partial charge < -0.3 is 20.1 Å². The van der Waals surface area contributed by atoms with Crippen LogP contribution < -0.4 is 5.73 Å². The van der Waals surface area contributed by atoms with Gasteiger partial charge in [-0.2, -0.15) is 0 Å². The van der Waals surface area contributed by atoms with E-state index in [1.807, 2.05) is 27.7 Å². The molecule has 0 aliphatic carbocycles. The molecule has 1 atom stereocenters. The fraction of sp³-hybridized carbons (Fsp3) is 0.538. The quantitative estimate of drug-likeness (QED) is 0.806. The molecule has 4 nitrogen and oxygen atoms in total. The largest absolute Gasteiger partial charge is 0.508 e. The summed E-state index contributed by atoms with van der Waals surface area (Å²) in [6.07, 6.45) is 0. The zero-order valence-corrected chi connectivity index (χ0v) is 11.6. The number of phenolic OH excluding ortho intramolecular Hbond substituents is 1. The monoisotopic (exact) mass is 267 g/mol. The Kier molecular flexibility index (Phi) is 3.37. The van der Waals surface area contributed by atoms with Gasteiger partial charge in [0.05, 0.1) is 17.1 Å². The Hall–Kier alpha value is -1.11. The van der Waals surface area contributed by atoms with Crippen LogP contribution in [0.25, 0.3) is 0 Å². The predicted molar refractivity (Wildman–Crippen MR) is 71.1 cm³/mol. The van der Waals surface area contributed by atoms with E-state index in [2.05, 4.69) is 0 Å². The van der Waals surface area contributed by atoms with E-state index in [4.69, 9.17) is 15.0 Å². The maximum Gasteiger partial charge on any atom is 0.480 e. The second-order valence-corrected chi connectivity index (χ2v) is 5.85. The number of nitrogens with two attached hydrogens (primary N) is 1. The van der Waals surface area contributed by atoms with Crippen molar-refractivity contribution in [1.82, 2.24) is 0 Å². The molecule has 0 saturated carbocycles. The molecule has 104 valence electrons. The summed E-state index contributed by atoms with van der Waals surface area (Å²) in [5.41, 5.74) is 5.28. The molecule has 2 rings (SSSR count). The molecule has 19 heavy (non-hydrogen) atoms. The van der Waals surface area contributed by atoms with E-state index >= 15 is 0 Å². The second-order valence-electron chi connectivity index (χ2n) is 5.85. The summed E-state index contributed by atoms with van der Waals surface area (Å²) in [6, 6.07) is 3.65. The van der Waals surface area contributed by atoms with Crippen LogP contribution in [0.1, 0.15) is 39.2 Å². The number of benzene rings is 1. The standard InChI is InChI=1S/C13H19BFNO3/c1-12(2)13(3,4)19-14(18-12)11(16)9-7-8(15)5-6-10(9)17/h5-7,11,17H,16H2,1-4H3/t11-/m1/s1. The SMILES string of the molecule is CC1(C)OB([C@H](N)c2cc(F)ccc2O)OC1(C)C. The van der Waals surface area contributed by atoms with Crippen molar-refractivity contribution in [2.45, 2.75) is 44.8 Å². The molecule has 1 fully saturated rings. The van der Waals surface area contributed by atoms with Crippen molar-refractivity contribution in [2.75, 3.05) is 0 Å². The van der Waals surface area contributed by atoms with Crippen molar-refractivity contribution in [3.05, 3.63) is 29.6 Å². The predicted octanol–water partition coefficient (Wildman–Crippen LogP) is 2.16. The molecular weight excluding hydrogens is 248 g/mol. The lowest BCUT2D eigenvalue weighted by molar-refractivity contribution is 0.00578. The number of rotatable bonds is 2. The fourth-order valence-corrected chi connectivity index (χ4v) is 1.97. The zero-order valence-electron chi connectivity index (χ0n) is 11.6. The topological polar surface area (TPSA) is 64.7 Å². The van der Waals surface area contributed by atoms with E-state index in [9.17, 15) is 9.50 Å². The lowest BCUT2D eigenvalue weighted by Crippen LogP contribution is -2.41. The maximum absolute atomic E-state index is 13.3. The third-order valence-corrected chi connectivity index (χ3v) is 3.91. The van der Waals surface area contributed by atoms with E-state index in [-0.39, 0.29) is 11.3 Å². The van der Waals surface area contributed by atoms with E-state index in [0.29, 0.717) is 0 Å². The highest BCUT2D eigenvalue weighted by molar-refractivity contribution is 6.47. The van der Waals surface area contributed by atoms with Gasteiger partial charge in [-0.25, -0.2) is 4.39 Å². The highest BCUT2D eigenvalue weighted by Crippen LogP contribution is 2.40. The van der Waals surface area contributed by atoms with Gasteiger partial charge in [-0.3, -0.25) is 0 Å². The number of aromatic hydroxyl groups is 1. The van der Waals surface area contributed by atoms with Crippen molar-refractivity contribution in [1.29, 1.82) is 0 Å². The molecule has 0 bridgehead atoms. The maximum atomic E-state index is 13.3. The normalized spacial score (nSPS) is 22.5. The molecule has 0 aromatic heterocycles. The molecule has 1 aliphatic heterocycles. The Morgan fingerprint density at radius 2 is 1.74 bits per heavy atom. The van der Waals surface area contributed by atoms with Crippen LogP contribution in [0.15, 0.2) is 18.2 Å². The summed E-state index contributed by atoms with van der Waals surface area (Å²) in [4.78, 5) is 0. The van der Waals surface area contributed by atoms with Gasteiger partial charge >= 0.3 is 7.12 Å². The van der Waals surface area contributed by atoms with E-state index in [0.717, 1.165) is 0 Å². The molecule has 1 aromatic carbocycles. The summed E-state index contributed by atoms with van der Waals surface area (Å²) in [5.74, 6) is -1.28. The Balaban J connectivity index is 2.27. The smallest absolute Gasteiger partial charge is 0.480 e. The fourth-order valence-electron chi connectivity index (χ4n) is 1.97. The minimum atomic E-state index is -0.753. The van der Waals surface area contributed by atoms with E-state index < -0.39 is 30.1 Å². The summed E-state index contributed by atoms with van der Waals surface area (Å²) >= 11 is 0. The number of phenols is 1. The molecular formula is C13H19BFNO3. The summed E-state index contributed by atoms with van der Waals surface area (Å²) in [6.45, 7) is 7.63. The lowest BCUT2D eigenvalue weighted by atomic mass is 9.74. The van der Waals surface area contributed by atoms with Gasteiger partial charge in [0.15, 0.2) is 0 Å². The van der Waals surface area contributed by atoms with Crippen LogP contribution in [0, 0.1) is 5.82 Å². The van der Waals surface area contributed by atoms with Crippen LogP contribution in [0.5, 0.6) is 5.75 Å². The minimum Gasteiger partial charge on any atom is -0.508 e. The lowest BCUT2D eigenvalue weighted by Gasteiger charge is -2.32. The van der Waals surface area contributed by atoms with E-state index in [1.165, 1.54) is 18.2 Å². The molecule has 3 N–H and O–H groups in total. The number of hydrogen-bond donors (Lipinski definition) is 2. The van der Waals surface area contributed by atoms with Crippen molar-refractivity contribution in [3.8, 4) is 5.75 Å². The van der Waals surface area contributed by atoms with Crippen molar-refractivity contribution in [2.24, 2.45) is 5.73 Å². The highest BCUT2D eigenvalue weighted by atomic mass is 19.1. The van der Waals surface area contributed by atoms with Crippen molar-refractivity contribution >= 4 is 7.12 Å². The summed E-state index contributed by atoms with van der Waals surface area (Å²) in [5, 5.41) is 9.77. The van der Waals surface area contributed by atoms with Crippen LogP contribution in [-0.4, -0.2) is 23.4 Å². The number of halogens is 1. The molecule has 0 radical (unpaired) electrons. The Labute approximate surface area is 112 Å². The molecule has 0 spiro atoms. The average Bonchev–Trinajstić information content (AvgIpc) is 2.51. The van der Waals surface area contributed by atoms with Gasteiger partial charge in [0, 0.05) is 5.56 Å². The van der Waals surface area contributed by atoms with Crippen LogP contribution in [0.2, 0.25) is 0 Å². The van der Waals surface area contributed by atoms with Crippen molar-refractivity contribution < 1.29 is 18.8 Å². The first-order chi connectivity index (χ1) is 8.64. The Morgan fingerprint density at radius 3 is 2.26 bits per heavy atom. The number of hydrogen-bond acceptors (Lipinski definition) is 4. The minimum absolute atomic E-state index is 0.0661. The van der Waals surface area contributed by atoms with Gasteiger partial charge in [-0.05, 0) is 45.9 Å². The van der Waals surface area contributed by atoms with E-state index in [1.54, 1.807) is 0 Å². The first kappa shape index (κ1) is 14.3. The third kappa shape index (κ3) is 2.48. The first-order valence-corrected chi connectivity index (χ1v) is 6.24. The highest BCUT2D eigenvalue weighted by Gasteiger charge is 2.53. The van der Waals surface area contributed by atoms with Gasteiger partial charge in [-0.1, -0.05) is 0 Å². The molecule has 0 amide bonds.